The van der Waals surface area contributed by atoms with Gasteiger partial charge in [0, 0.05) is 12.2 Å². The lowest BCUT2D eigenvalue weighted by Gasteiger charge is -2.29. The number of hydrogen-bond acceptors (Lipinski definition) is 5. The SMILES string of the molecule is O=C(O)CN(c1c(Br)cncc1[N+](=O)[O-])C1CCCC1. The van der Waals surface area contributed by atoms with Crippen molar-refractivity contribution in [2.45, 2.75) is 31.7 Å². The Labute approximate surface area is 123 Å². The second-order valence-corrected chi connectivity index (χ2v) is 5.56. The molecule has 0 amide bonds. The summed E-state index contributed by atoms with van der Waals surface area (Å²) in [6, 6.07) is 0.0171. The van der Waals surface area contributed by atoms with Crippen LogP contribution in [-0.2, 0) is 4.79 Å². The summed E-state index contributed by atoms with van der Waals surface area (Å²) in [5.74, 6) is -1.00. The molecule has 0 aromatic carbocycles. The zero-order valence-electron chi connectivity index (χ0n) is 10.7. The van der Waals surface area contributed by atoms with Crippen LogP contribution in [0.15, 0.2) is 16.9 Å². The molecule has 108 valence electrons. The first-order chi connectivity index (χ1) is 9.50. The third-order valence-electron chi connectivity index (χ3n) is 3.41. The number of anilines is 1. The molecule has 1 aliphatic rings. The van der Waals surface area contributed by atoms with Crippen molar-refractivity contribution in [1.82, 2.24) is 4.98 Å². The Bertz CT molecular complexity index is 531. The first-order valence-corrected chi connectivity index (χ1v) is 7.06. The standard InChI is InChI=1S/C12H14BrN3O4/c13-9-5-14-6-10(16(19)20)12(9)15(7-11(17)18)8-3-1-2-4-8/h5-6,8H,1-4,7H2,(H,17,18). The molecule has 1 aromatic heterocycles. The van der Waals surface area contributed by atoms with Gasteiger partial charge in [0.1, 0.15) is 18.4 Å². The van der Waals surface area contributed by atoms with Crippen LogP contribution in [-0.4, -0.2) is 33.6 Å². The van der Waals surface area contributed by atoms with Gasteiger partial charge in [0.05, 0.1) is 9.40 Å². The minimum Gasteiger partial charge on any atom is -0.480 e. The van der Waals surface area contributed by atoms with Gasteiger partial charge in [-0.15, -0.1) is 0 Å². The molecule has 8 heteroatoms. The predicted molar refractivity (Wildman–Crippen MR) is 75.8 cm³/mol. The van der Waals surface area contributed by atoms with Crippen LogP contribution in [0.1, 0.15) is 25.7 Å². The monoisotopic (exact) mass is 343 g/mol. The third-order valence-corrected chi connectivity index (χ3v) is 3.99. The van der Waals surface area contributed by atoms with Gasteiger partial charge >= 0.3 is 11.7 Å². The van der Waals surface area contributed by atoms with E-state index in [-0.39, 0.29) is 18.3 Å². The van der Waals surface area contributed by atoms with Crippen molar-refractivity contribution in [3.8, 4) is 0 Å². The predicted octanol–water partition coefficient (Wildman–Crippen LogP) is 2.59. The highest BCUT2D eigenvalue weighted by Gasteiger charge is 2.31. The highest BCUT2D eigenvalue weighted by atomic mass is 79.9. The van der Waals surface area contributed by atoms with Gasteiger partial charge in [0.2, 0.25) is 0 Å². The number of nitro groups is 1. The van der Waals surface area contributed by atoms with E-state index in [2.05, 4.69) is 20.9 Å². The molecule has 0 atom stereocenters. The summed E-state index contributed by atoms with van der Waals surface area (Å²) >= 11 is 3.25. The van der Waals surface area contributed by atoms with Crippen LogP contribution in [0.25, 0.3) is 0 Å². The molecule has 0 saturated heterocycles. The number of pyridine rings is 1. The normalized spacial score (nSPS) is 15.2. The van der Waals surface area contributed by atoms with E-state index >= 15 is 0 Å². The van der Waals surface area contributed by atoms with E-state index < -0.39 is 10.9 Å². The van der Waals surface area contributed by atoms with Crippen LogP contribution < -0.4 is 4.90 Å². The van der Waals surface area contributed by atoms with Gasteiger partial charge in [-0.1, -0.05) is 12.8 Å². The maximum atomic E-state index is 11.1. The summed E-state index contributed by atoms with van der Waals surface area (Å²) in [5.41, 5.74) is 0.131. The number of carboxylic acid groups (broad SMARTS) is 1. The van der Waals surface area contributed by atoms with Crippen molar-refractivity contribution in [2.75, 3.05) is 11.4 Å². The average molecular weight is 344 g/mol. The number of aromatic nitrogens is 1. The molecule has 1 heterocycles. The number of halogens is 1. The first-order valence-electron chi connectivity index (χ1n) is 6.27. The summed E-state index contributed by atoms with van der Waals surface area (Å²) in [6.07, 6.45) is 6.32. The van der Waals surface area contributed by atoms with Crippen molar-refractivity contribution < 1.29 is 14.8 Å². The zero-order chi connectivity index (χ0) is 14.7. The number of aliphatic carboxylic acids is 1. The lowest BCUT2D eigenvalue weighted by Crippen LogP contribution is -2.38. The zero-order valence-corrected chi connectivity index (χ0v) is 12.2. The Morgan fingerprint density at radius 1 is 1.50 bits per heavy atom. The number of carbonyl (C=O) groups is 1. The minimum atomic E-state index is -1.00. The van der Waals surface area contributed by atoms with Gasteiger partial charge in [-0.05, 0) is 28.8 Å². The van der Waals surface area contributed by atoms with E-state index in [1.807, 2.05) is 0 Å². The van der Waals surface area contributed by atoms with Gasteiger partial charge in [-0.3, -0.25) is 19.9 Å². The molecular weight excluding hydrogens is 330 g/mol. The molecule has 20 heavy (non-hydrogen) atoms. The van der Waals surface area contributed by atoms with Crippen LogP contribution in [0.5, 0.6) is 0 Å². The Balaban J connectivity index is 2.46. The Morgan fingerprint density at radius 3 is 2.70 bits per heavy atom. The summed E-state index contributed by atoms with van der Waals surface area (Å²) in [5, 5.41) is 20.2. The topological polar surface area (TPSA) is 96.6 Å². The molecule has 1 saturated carbocycles. The highest BCUT2D eigenvalue weighted by Crippen LogP contribution is 2.38. The van der Waals surface area contributed by atoms with Gasteiger partial charge in [-0.2, -0.15) is 0 Å². The van der Waals surface area contributed by atoms with E-state index in [4.69, 9.17) is 5.11 Å². The fourth-order valence-electron chi connectivity index (χ4n) is 2.59. The van der Waals surface area contributed by atoms with Crippen molar-refractivity contribution in [2.24, 2.45) is 0 Å². The van der Waals surface area contributed by atoms with Crippen LogP contribution in [0.2, 0.25) is 0 Å². The first kappa shape index (κ1) is 14.7. The molecule has 0 bridgehead atoms. The third kappa shape index (κ3) is 3.06. The lowest BCUT2D eigenvalue weighted by atomic mass is 10.1. The van der Waals surface area contributed by atoms with E-state index in [1.165, 1.54) is 6.20 Å². The van der Waals surface area contributed by atoms with Gasteiger partial charge < -0.3 is 10.0 Å². The molecular formula is C12H14BrN3O4. The van der Waals surface area contributed by atoms with Gasteiger partial charge in [0.25, 0.3) is 0 Å². The van der Waals surface area contributed by atoms with Crippen LogP contribution >= 0.6 is 15.9 Å². The molecule has 1 aromatic rings. The van der Waals surface area contributed by atoms with E-state index in [0.717, 1.165) is 31.9 Å². The van der Waals surface area contributed by atoms with Crippen LogP contribution in [0.4, 0.5) is 11.4 Å². The Morgan fingerprint density at radius 2 is 2.15 bits per heavy atom. The Kier molecular flexibility index (Phi) is 4.53. The average Bonchev–Trinajstić information content (AvgIpc) is 2.89. The van der Waals surface area contributed by atoms with Crippen LogP contribution in [0.3, 0.4) is 0 Å². The summed E-state index contributed by atoms with van der Waals surface area (Å²) in [7, 11) is 0. The molecule has 7 nitrogen and oxygen atoms in total. The molecule has 0 unspecified atom stereocenters. The number of nitrogens with zero attached hydrogens (tertiary/aromatic N) is 3. The second-order valence-electron chi connectivity index (χ2n) is 4.71. The molecule has 0 spiro atoms. The van der Waals surface area contributed by atoms with E-state index in [0.29, 0.717) is 10.2 Å². The van der Waals surface area contributed by atoms with Crippen molar-refractivity contribution in [3.05, 3.63) is 27.0 Å². The summed E-state index contributed by atoms with van der Waals surface area (Å²) < 4.78 is 0.444. The smallest absolute Gasteiger partial charge is 0.323 e. The quantitative estimate of drug-likeness (QED) is 0.651. The van der Waals surface area contributed by atoms with Gasteiger partial charge in [0.15, 0.2) is 0 Å². The highest BCUT2D eigenvalue weighted by molar-refractivity contribution is 9.10. The number of carboxylic acids is 1. The fraction of sp³-hybridized carbons (Fsp3) is 0.500. The second kappa shape index (κ2) is 6.17. The fourth-order valence-corrected chi connectivity index (χ4v) is 3.14. The summed E-state index contributed by atoms with van der Waals surface area (Å²) in [6.45, 7) is -0.256. The summed E-state index contributed by atoms with van der Waals surface area (Å²) in [4.78, 5) is 27.1. The molecule has 0 aliphatic heterocycles. The van der Waals surface area contributed by atoms with Crippen molar-refractivity contribution >= 4 is 33.3 Å². The molecule has 1 aliphatic carbocycles. The lowest BCUT2D eigenvalue weighted by molar-refractivity contribution is -0.384. The van der Waals surface area contributed by atoms with Crippen LogP contribution in [0, 0.1) is 10.1 Å². The van der Waals surface area contributed by atoms with E-state index in [1.54, 1.807) is 4.90 Å². The molecule has 1 N–H and O–H groups in total. The number of rotatable bonds is 5. The Hall–Kier alpha value is -1.70. The molecule has 1 fully saturated rings. The maximum Gasteiger partial charge on any atom is 0.323 e. The largest absolute Gasteiger partial charge is 0.480 e. The maximum absolute atomic E-state index is 11.1. The van der Waals surface area contributed by atoms with Gasteiger partial charge in [-0.25, -0.2) is 0 Å². The molecule has 2 rings (SSSR count). The van der Waals surface area contributed by atoms with E-state index in [9.17, 15) is 14.9 Å². The van der Waals surface area contributed by atoms with Crippen molar-refractivity contribution in [3.63, 3.8) is 0 Å². The number of hydrogen-bond donors (Lipinski definition) is 1. The molecule has 0 radical (unpaired) electrons. The van der Waals surface area contributed by atoms with Crippen molar-refractivity contribution in [1.29, 1.82) is 0 Å². The minimum absolute atomic E-state index is 0.0171.